The van der Waals surface area contributed by atoms with Gasteiger partial charge < -0.3 is 9.64 Å². The number of ether oxygens (including phenoxy) is 1. The van der Waals surface area contributed by atoms with Crippen LogP contribution < -0.4 is 0 Å². The summed E-state index contributed by atoms with van der Waals surface area (Å²) in [5.74, 6) is 0. The Labute approximate surface area is 163 Å². The van der Waals surface area contributed by atoms with Crippen molar-refractivity contribution in [1.82, 2.24) is 9.80 Å². The number of likely N-dealkylation sites (tertiary alicyclic amines) is 1. The van der Waals surface area contributed by atoms with Gasteiger partial charge in [-0.3, -0.25) is 4.90 Å². The fourth-order valence-electron chi connectivity index (χ4n) is 3.90. The van der Waals surface area contributed by atoms with Crippen molar-refractivity contribution < 1.29 is 9.53 Å². The normalized spacial score (nSPS) is 18.9. The molecule has 1 unspecified atom stereocenters. The molecule has 1 aromatic rings. The van der Waals surface area contributed by atoms with Crippen molar-refractivity contribution in [3.8, 4) is 0 Å². The molecule has 0 aromatic heterocycles. The highest BCUT2D eigenvalue weighted by Crippen LogP contribution is 2.30. The van der Waals surface area contributed by atoms with Crippen LogP contribution in [0.25, 0.3) is 0 Å². The van der Waals surface area contributed by atoms with Crippen molar-refractivity contribution in [3.63, 3.8) is 0 Å². The Kier molecular flexibility index (Phi) is 7.98. The summed E-state index contributed by atoms with van der Waals surface area (Å²) >= 11 is 0. The molecular weight excluding hydrogens is 348 g/mol. The SMILES string of the molecule is CCOC(=O)N(C)C1CCN(C(Cc2ccccc2)C2=CCC2)CC1.Cl. The van der Waals surface area contributed by atoms with Gasteiger partial charge in [0.2, 0.25) is 0 Å². The average molecular weight is 379 g/mol. The summed E-state index contributed by atoms with van der Waals surface area (Å²) in [6.45, 7) is 4.39. The maximum Gasteiger partial charge on any atom is 0.409 e. The molecule has 1 atom stereocenters. The minimum Gasteiger partial charge on any atom is -0.450 e. The summed E-state index contributed by atoms with van der Waals surface area (Å²) in [7, 11) is 1.87. The van der Waals surface area contributed by atoms with Gasteiger partial charge in [0.15, 0.2) is 0 Å². The van der Waals surface area contributed by atoms with Gasteiger partial charge in [-0.2, -0.15) is 0 Å². The molecule has 1 fully saturated rings. The molecule has 1 saturated heterocycles. The molecule has 4 nitrogen and oxygen atoms in total. The molecular formula is C21H31ClN2O2. The molecule has 0 radical (unpaired) electrons. The van der Waals surface area contributed by atoms with Gasteiger partial charge in [0.05, 0.1) is 6.61 Å². The van der Waals surface area contributed by atoms with Crippen LogP contribution in [0.4, 0.5) is 4.79 Å². The molecule has 26 heavy (non-hydrogen) atoms. The second-order valence-corrected chi connectivity index (χ2v) is 7.10. The van der Waals surface area contributed by atoms with Gasteiger partial charge in [-0.1, -0.05) is 42.0 Å². The Bertz CT molecular complexity index is 597. The maximum atomic E-state index is 11.9. The molecule has 1 aromatic carbocycles. The summed E-state index contributed by atoms with van der Waals surface area (Å²) in [5.41, 5.74) is 3.01. The number of allylic oxidation sites excluding steroid dienone is 1. The summed E-state index contributed by atoms with van der Waals surface area (Å²) in [5, 5.41) is 0. The number of rotatable bonds is 6. The highest BCUT2D eigenvalue weighted by molar-refractivity contribution is 5.85. The molecule has 0 saturated carbocycles. The number of carbonyl (C=O) groups is 1. The van der Waals surface area contributed by atoms with Crippen LogP contribution in [0.2, 0.25) is 0 Å². The number of hydrogen-bond donors (Lipinski definition) is 0. The first-order valence-corrected chi connectivity index (χ1v) is 9.55. The lowest BCUT2D eigenvalue weighted by Gasteiger charge is -2.42. The molecule has 0 bridgehead atoms. The second kappa shape index (κ2) is 9.98. The van der Waals surface area contributed by atoms with E-state index >= 15 is 0 Å². The summed E-state index contributed by atoms with van der Waals surface area (Å²) in [6.07, 6.45) is 7.81. The third-order valence-corrected chi connectivity index (χ3v) is 5.58. The predicted molar refractivity (Wildman–Crippen MR) is 108 cm³/mol. The second-order valence-electron chi connectivity index (χ2n) is 7.10. The molecule has 0 N–H and O–H groups in total. The Morgan fingerprint density at radius 2 is 1.92 bits per heavy atom. The van der Waals surface area contributed by atoms with Crippen LogP contribution in [0.15, 0.2) is 42.0 Å². The zero-order chi connectivity index (χ0) is 17.6. The minimum atomic E-state index is -0.191. The Hall–Kier alpha value is -1.52. The quantitative estimate of drug-likeness (QED) is 0.692. The lowest BCUT2D eigenvalue weighted by molar-refractivity contribution is 0.0731. The first-order chi connectivity index (χ1) is 12.2. The van der Waals surface area contributed by atoms with E-state index in [2.05, 4.69) is 41.3 Å². The van der Waals surface area contributed by atoms with Crippen molar-refractivity contribution in [2.45, 2.75) is 51.1 Å². The molecule has 1 heterocycles. The molecule has 5 heteroatoms. The van der Waals surface area contributed by atoms with Gasteiger partial charge in [0.1, 0.15) is 0 Å². The van der Waals surface area contributed by atoms with Crippen LogP contribution >= 0.6 is 12.4 Å². The van der Waals surface area contributed by atoms with E-state index in [9.17, 15) is 4.79 Å². The highest BCUT2D eigenvalue weighted by atomic mass is 35.5. The molecule has 1 aliphatic carbocycles. The van der Waals surface area contributed by atoms with Crippen LogP contribution in [-0.2, 0) is 11.2 Å². The van der Waals surface area contributed by atoms with E-state index in [4.69, 9.17) is 4.74 Å². The van der Waals surface area contributed by atoms with E-state index in [1.807, 2.05) is 14.0 Å². The van der Waals surface area contributed by atoms with Crippen LogP contribution in [0, 0.1) is 0 Å². The number of carbonyl (C=O) groups excluding carboxylic acids is 1. The fraction of sp³-hybridized carbons (Fsp3) is 0.571. The number of halogens is 1. The molecule has 1 amide bonds. The van der Waals surface area contributed by atoms with E-state index in [0.29, 0.717) is 18.7 Å². The fourth-order valence-corrected chi connectivity index (χ4v) is 3.90. The topological polar surface area (TPSA) is 32.8 Å². The van der Waals surface area contributed by atoms with Crippen LogP contribution in [-0.4, -0.2) is 54.7 Å². The third-order valence-electron chi connectivity index (χ3n) is 5.58. The van der Waals surface area contributed by atoms with Gasteiger partial charge >= 0.3 is 6.09 Å². The van der Waals surface area contributed by atoms with Crippen molar-refractivity contribution in [1.29, 1.82) is 0 Å². The molecule has 2 aliphatic rings. The number of piperidine rings is 1. The minimum absolute atomic E-state index is 0. The molecule has 3 rings (SSSR count). The summed E-state index contributed by atoms with van der Waals surface area (Å²) < 4.78 is 5.14. The summed E-state index contributed by atoms with van der Waals surface area (Å²) in [6, 6.07) is 11.6. The van der Waals surface area contributed by atoms with Crippen LogP contribution in [0.5, 0.6) is 0 Å². The Morgan fingerprint density at radius 3 is 2.46 bits per heavy atom. The van der Waals surface area contributed by atoms with E-state index in [-0.39, 0.29) is 18.5 Å². The number of benzene rings is 1. The van der Waals surface area contributed by atoms with Crippen molar-refractivity contribution in [2.75, 3.05) is 26.7 Å². The van der Waals surface area contributed by atoms with Gasteiger partial charge in [0, 0.05) is 32.2 Å². The first kappa shape index (κ1) is 20.8. The number of amides is 1. The third kappa shape index (κ3) is 5.01. The molecule has 0 spiro atoms. The average Bonchev–Trinajstić information content (AvgIpc) is 2.60. The van der Waals surface area contributed by atoms with Gasteiger partial charge in [0.25, 0.3) is 0 Å². The van der Waals surface area contributed by atoms with Gasteiger partial charge in [-0.25, -0.2) is 4.79 Å². The highest BCUT2D eigenvalue weighted by Gasteiger charge is 2.31. The first-order valence-electron chi connectivity index (χ1n) is 9.55. The van der Waals surface area contributed by atoms with Gasteiger partial charge in [-0.05, 0) is 44.6 Å². The lowest BCUT2D eigenvalue weighted by Crippen LogP contribution is -2.50. The maximum absolute atomic E-state index is 11.9. The number of hydrogen-bond acceptors (Lipinski definition) is 3. The van der Waals surface area contributed by atoms with Crippen LogP contribution in [0.1, 0.15) is 38.2 Å². The Balaban J connectivity index is 0.00000243. The van der Waals surface area contributed by atoms with E-state index in [1.165, 1.54) is 18.4 Å². The standard InChI is InChI=1S/C21H30N2O2.ClH/c1-3-25-21(24)22(2)19-12-14-23(15-13-19)20(18-10-7-11-18)16-17-8-5-4-6-9-17;/h4-6,8-10,19-20H,3,7,11-16H2,1-2H3;1H. The van der Waals surface area contributed by atoms with E-state index < -0.39 is 0 Å². The van der Waals surface area contributed by atoms with Gasteiger partial charge in [-0.15, -0.1) is 12.4 Å². The monoisotopic (exact) mass is 378 g/mol. The zero-order valence-electron chi connectivity index (χ0n) is 15.9. The zero-order valence-corrected chi connectivity index (χ0v) is 16.7. The number of nitrogens with zero attached hydrogens (tertiary/aromatic N) is 2. The van der Waals surface area contributed by atoms with Crippen molar-refractivity contribution in [2.24, 2.45) is 0 Å². The molecule has 1 aliphatic heterocycles. The van der Waals surface area contributed by atoms with Crippen LogP contribution in [0.3, 0.4) is 0 Å². The largest absolute Gasteiger partial charge is 0.450 e. The van der Waals surface area contributed by atoms with E-state index in [0.717, 1.165) is 32.4 Å². The predicted octanol–water partition coefficient (Wildman–Crippen LogP) is 4.29. The smallest absolute Gasteiger partial charge is 0.409 e. The van der Waals surface area contributed by atoms with E-state index in [1.54, 1.807) is 10.5 Å². The Morgan fingerprint density at radius 1 is 1.27 bits per heavy atom. The van der Waals surface area contributed by atoms with Crippen molar-refractivity contribution in [3.05, 3.63) is 47.5 Å². The van der Waals surface area contributed by atoms with Crippen molar-refractivity contribution >= 4 is 18.5 Å². The lowest BCUT2D eigenvalue weighted by atomic mass is 9.86. The summed E-state index contributed by atoms with van der Waals surface area (Å²) in [4.78, 5) is 16.3. The molecule has 144 valence electrons.